The molecule has 0 saturated heterocycles. The zero-order valence-corrected chi connectivity index (χ0v) is 11.9. The second kappa shape index (κ2) is 5.18. The minimum absolute atomic E-state index is 0.0896. The van der Waals surface area contributed by atoms with Crippen LogP contribution in [0.25, 0.3) is 0 Å². The molecule has 0 aromatic carbocycles. The molecule has 0 spiro atoms. The Morgan fingerprint density at radius 1 is 1.24 bits per heavy atom. The fraction of sp³-hybridized carbons (Fsp3) is 0.600. The van der Waals surface area contributed by atoms with Crippen molar-refractivity contribution in [3.8, 4) is 0 Å². The van der Waals surface area contributed by atoms with Crippen LogP contribution < -0.4 is 4.90 Å². The zero-order valence-electron chi connectivity index (χ0n) is 10.4. The van der Waals surface area contributed by atoms with E-state index in [0.29, 0.717) is 17.5 Å². The molecule has 1 aromatic rings. The summed E-state index contributed by atoms with van der Waals surface area (Å²) in [6.45, 7) is 4.14. The maximum Gasteiger partial charge on any atom is 0.155 e. The third-order valence-corrected chi connectivity index (χ3v) is 3.88. The summed E-state index contributed by atoms with van der Waals surface area (Å²) in [6.07, 6.45) is 1.21. The molecule has 0 fully saturated rings. The number of sulfone groups is 1. The quantitative estimate of drug-likeness (QED) is 0.828. The lowest BCUT2D eigenvalue weighted by Gasteiger charge is -2.20. The summed E-state index contributed by atoms with van der Waals surface area (Å²) < 4.78 is 22.2. The molecular weight excluding hydrogens is 262 g/mol. The first-order valence-corrected chi connectivity index (χ1v) is 7.54. The van der Waals surface area contributed by atoms with Gasteiger partial charge in [-0.3, -0.25) is 0 Å². The molecule has 7 heteroatoms. The molecule has 0 bridgehead atoms. The van der Waals surface area contributed by atoms with E-state index in [2.05, 4.69) is 10.2 Å². The predicted octanol–water partition coefficient (Wildman–Crippen LogP) is 1.23. The van der Waals surface area contributed by atoms with E-state index in [1.165, 1.54) is 6.26 Å². The van der Waals surface area contributed by atoms with Crippen LogP contribution in [0, 0.1) is 13.8 Å². The summed E-state index contributed by atoms with van der Waals surface area (Å²) in [4.78, 5) is 1.77. The van der Waals surface area contributed by atoms with Gasteiger partial charge in [0.1, 0.15) is 9.84 Å². The first-order valence-electron chi connectivity index (χ1n) is 5.10. The molecule has 0 amide bonds. The number of hydrogen-bond acceptors (Lipinski definition) is 5. The van der Waals surface area contributed by atoms with Crippen molar-refractivity contribution in [1.29, 1.82) is 0 Å². The van der Waals surface area contributed by atoms with Crippen LogP contribution in [0.4, 0.5) is 5.82 Å². The van der Waals surface area contributed by atoms with Gasteiger partial charge in [0.25, 0.3) is 0 Å². The molecule has 1 rings (SSSR count). The monoisotopic (exact) mass is 277 g/mol. The Morgan fingerprint density at radius 2 is 1.82 bits per heavy atom. The normalized spacial score (nSPS) is 11.6. The zero-order chi connectivity index (χ0) is 13.2. The summed E-state index contributed by atoms with van der Waals surface area (Å²) in [7, 11) is -1.19. The largest absolute Gasteiger partial charge is 0.357 e. The molecular formula is C10H16ClN3O2S. The van der Waals surface area contributed by atoms with E-state index in [1.807, 2.05) is 13.8 Å². The smallest absolute Gasteiger partial charge is 0.155 e. The van der Waals surface area contributed by atoms with Crippen molar-refractivity contribution in [1.82, 2.24) is 10.2 Å². The van der Waals surface area contributed by atoms with Crippen LogP contribution in [0.15, 0.2) is 0 Å². The van der Waals surface area contributed by atoms with Crippen LogP contribution in [0.1, 0.15) is 11.1 Å². The van der Waals surface area contributed by atoms with Gasteiger partial charge in [-0.15, -0.1) is 10.2 Å². The number of aromatic nitrogens is 2. The number of anilines is 1. The minimum Gasteiger partial charge on any atom is -0.357 e. The molecule has 0 unspecified atom stereocenters. The number of halogens is 1. The van der Waals surface area contributed by atoms with Crippen molar-refractivity contribution in [3.63, 3.8) is 0 Å². The van der Waals surface area contributed by atoms with Crippen LogP contribution in [0.2, 0.25) is 5.15 Å². The maximum absolute atomic E-state index is 11.1. The van der Waals surface area contributed by atoms with Gasteiger partial charge in [-0.2, -0.15) is 0 Å². The van der Waals surface area contributed by atoms with Gasteiger partial charge in [0.15, 0.2) is 11.0 Å². The molecule has 0 aliphatic carbocycles. The molecule has 1 heterocycles. The van der Waals surface area contributed by atoms with Crippen LogP contribution in [0.3, 0.4) is 0 Å². The first-order chi connectivity index (χ1) is 7.72. The molecule has 0 radical (unpaired) electrons. The average molecular weight is 278 g/mol. The number of rotatable bonds is 4. The molecule has 17 heavy (non-hydrogen) atoms. The van der Waals surface area contributed by atoms with Crippen LogP contribution >= 0.6 is 11.6 Å². The topological polar surface area (TPSA) is 63.2 Å². The molecule has 0 atom stereocenters. The van der Waals surface area contributed by atoms with Crippen molar-refractivity contribution in [2.24, 2.45) is 0 Å². The molecule has 0 N–H and O–H groups in total. The van der Waals surface area contributed by atoms with E-state index in [1.54, 1.807) is 11.9 Å². The van der Waals surface area contributed by atoms with Gasteiger partial charge in [-0.25, -0.2) is 8.42 Å². The SMILES string of the molecule is Cc1c(Cl)nnc(N(C)CCS(C)(=O)=O)c1C. The standard InChI is InChI=1S/C10H16ClN3O2S/c1-7-8(2)10(13-12-9(7)11)14(3)5-6-17(4,15)16/h5-6H2,1-4H3. The number of nitrogens with zero attached hydrogens (tertiary/aromatic N) is 3. The summed E-state index contributed by atoms with van der Waals surface area (Å²) in [5.41, 5.74) is 1.78. The van der Waals surface area contributed by atoms with E-state index < -0.39 is 9.84 Å². The molecule has 0 saturated carbocycles. The lowest BCUT2D eigenvalue weighted by atomic mass is 10.2. The third kappa shape index (κ3) is 3.81. The van der Waals surface area contributed by atoms with Gasteiger partial charge in [0.2, 0.25) is 0 Å². The molecule has 0 aliphatic rings. The van der Waals surface area contributed by atoms with Gasteiger partial charge in [-0.1, -0.05) is 11.6 Å². The summed E-state index contributed by atoms with van der Waals surface area (Å²) >= 11 is 5.85. The highest BCUT2D eigenvalue weighted by Crippen LogP contribution is 2.22. The van der Waals surface area contributed by atoms with Crippen LogP contribution in [0.5, 0.6) is 0 Å². The van der Waals surface area contributed by atoms with E-state index in [9.17, 15) is 8.42 Å². The van der Waals surface area contributed by atoms with Crippen molar-refractivity contribution in [3.05, 3.63) is 16.3 Å². The Labute approximate surface area is 107 Å². The fourth-order valence-corrected chi connectivity index (χ4v) is 2.12. The highest BCUT2D eigenvalue weighted by Gasteiger charge is 2.13. The predicted molar refractivity (Wildman–Crippen MR) is 69.5 cm³/mol. The lowest BCUT2D eigenvalue weighted by Crippen LogP contribution is -2.26. The Bertz CT molecular complexity index is 517. The van der Waals surface area contributed by atoms with Crippen molar-refractivity contribution in [2.45, 2.75) is 13.8 Å². The van der Waals surface area contributed by atoms with Gasteiger partial charge in [-0.05, 0) is 25.0 Å². The summed E-state index contributed by atoms with van der Waals surface area (Å²) in [6, 6.07) is 0. The molecule has 5 nitrogen and oxygen atoms in total. The lowest BCUT2D eigenvalue weighted by molar-refractivity contribution is 0.601. The summed E-state index contributed by atoms with van der Waals surface area (Å²) in [5, 5.41) is 8.20. The highest BCUT2D eigenvalue weighted by atomic mass is 35.5. The Balaban J connectivity index is 2.90. The minimum atomic E-state index is -2.97. The fourth-order valence-electron chi connectivity index (χ4n) is 1.33. The third-order valence-electron chi connectivity index (χ3n) is 2.60. The van der Waals surface area contributed by atoms with E-state index in [0.717, 1.165) is 11.1 Å². The average Bonchev–Trinajstić information content (AvgIpc) is 2.22. The molecule has 96 valence electrons. The van der Waals surface area contributed by atoms with Crippen molar-refractivity contribution in [2.75, 3.05) is 30.5 Å². The Morgan fingerprint density at radius 3 is 2.35 bits per heavy atom. The Kier molecular flexibility index (Phi) is 4.32. The summed E-state index contributed by atoms with van der Waals surface area (Å²) in [5.74, 6) is 0.752. The maximum atomic E-state index is 11.1. The van der Waals surface area contributed by atoms with Crippen molar-refractivity contribution < 1.29 is 8.42 Å². The second-order valence-electron chi connectivity index (χ2n) is 4.12. The van der Waals surface area contributed by atoms with E-state index in [-0.39, 0.29) is 5.75 Å². The number of hydrogen-bond donors (Lipinski definition) is 0. The Hall–Kier alpha value is -0.880. The first kappa shape index (κ1) is 14.2. The van der Waals surface area contributed by atoms with Gasteiger partial charge in [0.05, 0.1) is 5.75 Å². The van der Waals surface area contributed by atoms with Crippen LogP contribution in [-0.2, 0) is 9.84 Å². The molecule has 0 aliphatic heterocycles. The molecule has 1 aromatic heterocycles. The van der Waals surface area contributed by atoms with E-state index in [4.69, 9.17) is 11.6 Å². The van der Waals surface area contributed by atoms with Gasteiger partial charge >= 0.3 is 0 Å². The van der Waals surface area contributed by atoms with Crippen LogP contribution in [-0.4, -0.2) is 44.2 Å². The van der Waals surface area contributed by atoms with Gasteiger partial charge in [0, 0.05) is 19.8 Å². The van der Waals surface area contributed by atoms with E-state index >= 15 is 0 Å². The second-order valence-corrected chi connectivity index (χ2v) is 6.73. The highest BCUT2D eigenvalue weighted by molar-refractivity contribution is 7.90. The van der Waals surface area contributed by atoms with Gasteiger partial charge < -0.3 is 4.90 Å². The van der Waals surface area contributed by atoms with Crippen molar-refractivity contribution >= 4 is 27.3 Å².